The van der Waals surface area contributed by atoms with Gasteiger partial charge in [-0.2, -0.15) is 4.31 Å². The molecular formula is C19H39NO7S. The number of carbonyl (C=O) groups excluding carboxylic acids is 1. The zero-order valence-corrected chi connectivity index (χ0v) is 19.7. The highest BCUT2D eigenvalue weighted by Crippen LogP contribution is 2.25. The Morgan fingerprint density at radius 1 is 1.07 bits per heavy atom. The molecule has 0 rings (SSSR count). The third-order valence-electron chi connectivity index (χ3n) is 4.22. The van der Waals surface area contributed by atoms with Gasteiger partial charge in [-0.1, -0.05) is 20.8 Å². The summed E-state index contributed by atoms with van der Waals surface area (Å²) in [7, 11) is -1.93. The van der Waals surface area contributed by atoms with Gasteiger partial charge in [0.2, 0.25) is 10.0 Å². The molecule has 0 amide bonds. The second-order valence-corrected chi connectivity index (χ2v) is 10.9. The van der Waals surface area contributed by atoms with Crippen molar-refractivity contribution in [1.82, 2.24) is 4.31 Å². The van der Waals surface area contributed by atoms with E-state index in [0.717, 1.165) is 6.26 Å². The molecule has 0 saturated heterocycles. The second-order valence-electron chi connectivity index (χ2n) is 8.96. The SMILES string of the molecule is COCCOCC(=O)OC[C@H](CN(C(C)(C)C)S(C)(=O)=O)O[C@@H](C)C(C)(C)C. The molecule has 0 fully saturated rings. The Hall–Kier alpha value is -0.740. The van der Waals surface area contributed by atoms with Crippen molar-refractivity contribution in [3.05, 3.63) is 0 Å². The van der Waals surface area contributed by atoms with Crippen LogP contribution in [0.3, 0.4) is 0 Å². The largest absolute Gasteiger partial charge is 0.461 e. The van der Waals surface area contributed by atoms with Crippen LogP contribution in [0.2, 0.25) is 0 Å². The molecule has 9 heteroatoms. The van der Waals surface area contributed by atoms with Gasteiger partial charge in [0.15, 0.2) is 0 Å². The molecule has 0 N–H and O–H groups in total. The fourth-order valence-corrected chi connectivity index (χ4v) is 3.68. The lowest BCUT2D eigenvalue weighted by Crippen LogP contribution is -2.51. The first-order chi connectivity index (χ1) is 12.6. The summed E-state index contributed by atoms with van der Waals surface area (Å²) in [6.45, 7) is 14.0. The Kier molecular flexibility index (Phi) is 11.1. The topological polar surface area (TPSA) is 91.4 Å². The number of esters is 1. The molecule has 0 unspecified atom stereocenters. The number of carbonyl (C=O) groups is 1. The van der Waals surface area contributed by atoms with Crippen molar-refractivity contribution in [2.45, 2.75) is 66.2 Å². The minimum atomic E-state index is -3.47. The molecule has 0 aliphatic carbocycles. The summed E-state index contributed by atoms with van der Waals surface area (Å²) in [5.74, 6) is -0.533. The Morgan fingerprint density at radius 2 is 1.64 bits per heavy atom. The van der Waals surface area contributed by atoms with Crippen molar-refractivity contribution in [1.29, 1.82) is 0 Å². The first kappa shape index (κ1) is 27.3. The average molecular weight is 426 g/mol. The normalized spacial score (nSPS) is 15.5. The maximum atomic E-state index is 12.3. The summed E-state index contributed by atoms with van der Waals surface area (Å²) in [4.78, 5) is 11.9. The van der Waals surface area contributed by atoms with E-state index in [1.54, 1.807) is 7.11 Å². The van der Waals surface area contributed by atoms with E-state index in [-0.39, 0.29) is 31.3 Å². The number of sulfonamides is 1. The van der Waals surface area contributed by atoms with Gasteiger partial charge < -0.3 is 18.9 Å². The van der Waals surface area contributed by atoms with Gasteiger partial charge in [0.05, 0.1) is 25.6 Å². The van der Waals surface area contributed by atoms with Crippen LogP contribution in [0, 0.1) is 5.41 Å². The molecule has 0 aromatic carbocycles. The lowest BCUT2D eigenvalue weighted by atomic mass is 9.90. The van der Waals surface area contributed by atoms with E-state index in [1.807, 2.05) is 48.5 Å². The first-order valence-electron chi connectivity index (χ1n) is 9.44. The Balaban J connectivity index is 5.13. The van der Waals surface area contributed by atoms with Crippen molar-refractivity contribution in [2.24, 2.45) is 5.41 Å². The first-order valence-corrected chi connectivity index (χ1v) is 11.3. The lowest BCUT2D eigenvalue weighted by Gasteiger charge is -2.38. The van der Waals surface area contributed by atoms with Crippen molar-refractivity contribution in [3.8, 4) is 0 Å². The zero-order chi connectivity index (χ0) is 22.2. The molecule has 2 atom stereocenters. The molecule has 0 spiro atoms. The number of ether oxygens (including phenoxy) is 4. The summed E-state index contributed by atoms with van der Waals surface area (Å²) < 4.78 is 47.2. The highest BCUT2D eigenvalue weighted by Gasteiger charge is 2.34. The minimum Gasteiger partial charge on any atom is -0.461 e. The molecule has 0 heterocycles. The number of hydrogen-bond acceptors (Lipinski definition) is 7. The van der Waals surface area contributed by atoms with Crippen LogP contribution in [-0.4, -0.2) is 82.8 Å². The molecular weight excluding hydrogens is 386 g/mol. The van der Waals surface area contributed by atoms with Crippen LogP contribution in [0.1, 0.15) is 48.5 Å². The van der Waals surface area contributed by atoms with Crippen molar-refractivity contribution in [2.75, 3.05) is 46.3 Å². The van der Waals surface area contributed by atoms with Crippen LogP contribution >= 0.6 is 0 Å². The number of rotatable bonds is 12. The molecule has 0 aromatic heterocycles. The molecule has 0 saturated carbocycles. The predicted octanol–water partition coefficient (Wildman–Crippen LogP) is 2.07. The highest BCUT2D eigenvalue weighted by molar-refractivity contribution is 7.88. The predicted molar refractivity (Wildman–Crippen MR) is 109 cm³/mol. The Labute approximate surface area is 170 Å². The van der Waals surface area contributed by atoms with E-state index in [4.69, 9.17) is 18.9 Å². The number of hydrogen-bond donors (Lipinski definition) is 0. The van der Waals surface area contributed by atoms with Gasteiger partial charge in [0.25, 0.3) is 0 Å². The Morgan fingerprint density at radius 3 is 2.07 bits per heavy atom. The van der Waals surface area contributed by atoms with Gasteiger partial charge in [-0.05, 0) is 33.1 Å². The second kappa shape index (κ2) is 11.4. The highest BCUT2D eigenvalue weighted by atomic mass is 32.2. The monoisotopic (exact) mass is 425 g/mol. The maximum Gasteiger partial charge on any atom is 0.332 e. The van der Waals surface area contributed by atoms with Gasteiger partial charge in [-0.15, -0.1) is 0 Å². The lowest BCUT2D eigenvalue weighted by molar-refractivity contribution is -0.157. The van der Waals surface area contributed by atoms with Gasteiger partial charge in [-0.3, -0.25) is 0 Å². The molecule has 28 heavy (non-hydrogen) atoms. The van der Waals surface area contributed by atoms with Crippen molar-refractivity contribution >= 4 is 16.0 Å². The van der Waals surface area contributed by atoms with E-state index < -0.39 is 27.6 Å². The van der Waals surface area contributed by atoms with E-state index in [2.05, 4.69) is 0 Å². The van der Waals surface area contributed by atoms with Crippen LogP contribution in [0.15, 0.2) is 0 Å². The van der Waals surface area contributed by atoms with Crippen LogP contribution in [0.25, 0.3) is 0 Å². The van der Waals surface area contributed by atoms with E-state index in [1.165, 1.54) is 4.31 Å². The standard InChI is InChI=1S/C19H39NO7S/c1-15(18(2,3)4)27-16(12-20(19(5,6)7)28(9,22)23)13-26-17(21)14-25-11-10-24-8/h15-16H,10-14H2,1-9H3/t15-,16-/m0/s1. The van der Waals surface area contributed by atoms with E-state index in [9.17, 15) is 13.2 Å². The van der Waals surface area contributed by atoms with Crippen LogP contribution in [0.5, 0.6) is 0 Å². The fourth-order valence-electron chi connectivity index (χ4n) is 2.24. The summed E-state index contributed by atoms with van der Waals surface area (Å²) >= 11 is 0. The van der Waals surface area contributed by atoms with Crippen LogP contribution in [0.4, 0.5) is 0 Å². The summed E-state index contributed by atoms with van der Waals surface area (Å²) in [5.41, 5.74) is -0.781. The molecule has 0 aliphatic rings. The third-order valence-corrected chi connectivity index (χ3v) is 5.71. The summed E-state index contributed by atoms with van der Waals surface area (Å²) in [6, 6.07) is 0. The molecule has 0 aromatic rings. The minimum absolute atomic E-state index is 0.0605. The van der Waals surface area contributed by atoms with E-state index >= 15 is 0 Å². The summed E-state index contributed by atoms with van der Waals surface area (Å²) in [5, 5.41) is 0. The zero-order valence-electron chi connectivity index (χ0n) is 18.9. The average Bonchev–Trinajstić information content (AvgIpc) is 2.50. The maximum absolute atomic E-state index is 12.3. The number of nitrogens with zero attached hydrogens (tertiary/aromatic N) is 1. The van der Waals surface area contributed by atoms with E-state index in [0.29, 0.717) is 13.2 Å². The van der Waals surface area contributed by atoms with Gasteiger partial charge >= 0.3 is 5.97 Å². The smallest absolute Gasteiger partial charge is 0.332 e. The third kappa shape index (κ3) is 11.3. The van der Waals surface area contributed by atoms with Crippen molar-refractivity contribution < 1.29 is 32.2 Å². The van der Waals surface area contributed by atoms with Crippen molar-refractivity contribution in [3.63, 3.8) is 0 Å². The van der Waals surface area contributed by atoms with Gasteiger partial charge in [0.1, 0.15) is 19.3 Å². The molecule has 168 valence electrons. The molecule has 0 radical (unpaired) electrons. The number of methoxy groups -OCH3 is 1. The fraction of sp³-hybridized carbons (Fsp3) is 0.947. The van der Waals surface area contributed by atoms with Crippen LogP contribution < -0.4 is 0 Å². The molecule has 0 aliphatic heterocycles. The molecule has 8 nitrogen and oxygen atoms in total. The summed E-state index contributed by atoms with van der Waals surface area (Å²) in [6.07, 6.45) is 0.389. The Bertz CT molecular complexity index is 564. The van der Waals surface area contributed by atoms with Gasteiger partial charge in [0, 0.05) is 19.2 Å². The van der Waals surface area contributed by atoms with Crippen LogP contribution in [-0.2, 0) is 33.8 Å². The van der Waals surface area contributed by atoms with Gasteiger partial charge in [-0.25, -0.2) is 13.2 Å². The quantitative estimate of drug-likeness (QED) is 0.349. The molecule has 0 bridgehead atoms.